The van der Waals surface area contributed by atoms with E-state index in [0.29, 0.717) is 0 Å². The molecule has 11 aromatic rings. The Balaban J connectivity index is 1.03. The number of para-hydroxylation sites is 3. The molecule has 0 saturated heterocycles. The van der Waals surface area contributed by atoms with Gasteiger partial charge in [0.15, 0.2) is 0 Å². The second-order valence-corrected chi connectivity index (χ2v) is 15.0. The van der Waals surface area contributed by atoms with Crippen molar-refractivity contribution in [2.75, 3.05) is 4.90 Å². The Morgan fingerprint density at radius 3 is 1.55 bits per heavy atom. The van der Waals surface area contributed by atoms with Crippen LogP contribution in [0.4, 0.5) is 17.1 Å². The Morgan fingerprint density at radius 1 is 0.276 bits per heavy atom. The molecular weight excluding hydrogens is 701 g/mol. The molecule has 0 aliphatic rings. The molecule has 0 atom stereocenters. The normalized spacial score (nSPS) is 11.4. The van der Waals surface area contributed by atoms with E-state index in [1.807, 2.05) is 0 Å². The van der Waals surface area contributed by atoms with Crippen molar-refractivity contribution in [2.45, 2.75) is 0 Å². The van der Waals surface area contributed by atoms with Crippen LogP contribution in [-0.2, 0) is 0 Å². The minimum atomic E-state index is 1.09. The summed E-state index contributed by atoms with van der Waals surface area (Å²) >= 11 is 0. The minimum absolute atomic E-state index is 1.09. The second-order valence-electron chi connectivity index (χ2n) is 15.0. The molecule has 0 bridgehead atoms. The monoisotopic (exact) mass is 738 g/mol. The molecule has 272 valence electrons. The molecule has 0 aliphatic carbocycles. The molecule has 0 spiro atoms. The van der Waals surface area contributed by atoms with E-state index in [4.69, 9.17) is 0 Å². The average Bonchev–Trinajstić information content (AvgIpc) is 3.63. The fraction of sp³-hybridized carbons (Fsp3) is 0. The fourth-order valence-corrected chi connectivity index (χ4v) is 8.79. The van der Waals surface area contributed by atoms with Crippen LogP contribution in [0.5, 0.6) is 0 Å². The number of nitrogens with zero attached hydrogens (tertiary/aromatic N) is 2. The maximum absolute atomic E-state index is 2.41. The lowest BCUT2D eigenvalue weighted by atomic mass is 9.97. The van der Waals surface area contributed by atoms with Crippen molar-refractivity contribution in [1.82, 2.24) is 4.57 Å². The lowest BCUT2D eigenvalue weighted by molar-refractivity contribution is 1.18. The topological polar surface area (TPSA) is 8.17 Å². The zero-order valence-corrected chi connectivity index (χ0v) is 31.8. The largest absolute Gasteiger partial charge is 0.310 e. The van der Waals surface area contributed by atoms with Gasteiger partial charge in [0, 0.05) is 33.4 Å². The summed E-state index contributed by atoms with van der Waals surface area (Å²) in [5.74, 6) is 0. The zero-order valence-electron chi connectivity index (χ0n) is 31.8. The summed E-state index contributed by atoms with van der Waals surface area (Å²) in [6.07, 6.45) is 0. The molecule has 0 amide bonds. The number of aromatic nitrogens is 1. The molecule has 58 heavy (non-hydrogen) atoms. The lowest BCUT2D eigenvalue weighted by Crippen LogP contribution is -2.10. The number of anilines is 3. The number of hydrogen-bond acceptors (Lipinski definition) is 1. The van der Waals surface area contributed by atoms with Crippen LogP contribution in [0.1, 0.15) is 0 Å². The third-order valence-corrected chi connectivity index (χ3v) is 11.6. The molecule has 10 aromatic carbocycles. The van der Waals surface area contributed by atoms with Gasteiger partial charge in [-0.25, -0.2) is 0 Å². The van der Waals surface area contributed by atoms with Gasteiger partial charge < -0.3 is 9.47 Å². The van der Waals surface area contributed by atoms with Crippen molar-refractivity contribution in [3.63, 3.8) is 0 Å². The minimum Gasteiger partial charge on any atom is -0.310 e. The first kappa shape index (κ1) is 33.6. The summed E-state index contributed by atoms with van der Waals surface area (Å²) in [5.41, 5.74) is 14.0. The van der Waals surface area contributed by atoms with E-state index in [1.165, 1.54) is 71.2 Å². The molecule has 1 heterocycles. The van der Waals surface area contributed by atoms with Crippen molar-refractivity contribution >= 4 is 60.4 Å². The van der Waals surface area contributed by atoms with Crippen molar-refractivity contribution in [1.29, 1.82) is 0 Å². The number of rotatable bonds is 7. The third kappa shape index (κ3) is 5.82. The van der Waals surface area contributed by atoms with Crippen LogP contribution in [0.25, 0.3) is 82.4 Å². The molecule has 1 aromatic heterocycles. The summed E-state index contributed by atoms with van der Waals surface area (Å²) < 4.78 is 2.41. The Kier molecular flexibility index (Phi) is 8.19. The Morgan fingerprint density at radius 2 is 0.810 bits per heavy atom. The molecule has 0 fully saturated rings. The van der Waals surface area contributed by atoms with E-state index in [1.54, 1.807) is 0 Å². The molecule has 11 rings (SSSR count). The van der Waals surface area contributed by atoms with Crippen LogP contribution >= 0.6 is 0 Å². The summed E-state index contributed by atoms with van der Waals surface area (Å²) in [4.78, 5) is 2.38. The maximum Gasteiger partial charge on any atom is 0.0541 e. The number of hydrogen-bond donors (Lipinski definition) is 0. The van der Waals surface area contributed by atoms with Gasteiger partial charge >= 0.3 is 0 Å². The van der Waals surface area contributed by atoms with Gasteiger partial charge in [0.2, 0.25) is 0 Å². The fourth-order valence-electron chi connectivity index (χ4n) is 8.79. The first-order chi connectivity index (χ1) is 28.8. The zero-order chi connectivity index (χ0) is 38.4. The van der Waals surface area contributed by atoms with Crippen molar-refractivity contribution in [3.05, 3.63) is 231 Å². The summed E-state index contributed by atoms with van der Waals surface area (Å²) in [6, 6.07) is 83.7. The first-order valence-corrected chi connectivity index (χ1v) is 19.9. The highest BCUT2D eigenvalue weighted by atomic mass is 15.1. The van der Waals surface area contributed by atoms with Crippen LogP contribution in [0.3, 0.4) is 0 Å². The van der Waals surface area contributed by atoms with Crippen molar-refractivity contribution in [2.24, 2.45) is 0 Å². The summed E-state index contributed by atoms with van der Waals surface area (Å²) in [5, 5.41) is 7.51. The highest BCUT2D eigenvalue weighted by Crippen LogP contribution is 2.41. The number of fused-ring (bicyclic) bond motifs is 5. The van der Waals surface area contributed by atoms with Crippen LogP contribution < -0.4 is 4.90 Å². The van der Waals surface area contributed by atoms with Crippen LogP contribution in [0.15, 0.2) is 231 Å². The lowest BCUT2D eigenvalue weighted by Gasteiger charge is -2.27. The van der Waals surface area contributed by atoms with Gasteiger partial charge in [-0.1, -0.05) is 170 Å². The van der Waals surface area contributed by atoms with E-state index in [0.717, 1.165) is 28.3 Å². The van der Waals surface area contributed by atoms with E-state index in [-0.39, 0.29) is 0 Å². The molecule has 0 radical (unpaired) electrons. The Hall–Kier alpha value is -7.68. The predicted molar refractivity (Wildman–Crippen MR) is 247 cm³/mol. The molecule has 0 unspecified atom stereocenters. The van der Waals surface area contributed by atoms with Crippen molar-refractivity contribution in [3.8, 4) is 39.1 Å². The first-order valence-electron chi connectivity index (χ1n) is 19.9. The van der Waals surface area contributed by atoms with Gasteiger partial charge in [-0.3, -0.25) is 0 Å². The van der Waals surface area contributed by atoms with Gasteiger partial charge in [0.05, 0.1) is 16.7 Å². The highest BCUT2D eigenvalue weighted by molar-refractivity contribution is 6.09. The summed E-state index contributed by atoms with van der Waals surface area (Å²) in [7, 11) is 0. The van der Waals surface area contributed by atoms with Gasteiger partial charge in [-0.15, -0.1) is 0 Å². The van der Waals surface area contributed by atoms with Gasteiger partial charge in [-0.2, -0.15) is 0 Å². The van der Waals surface area contributed by atoms with E-state index >= 15 is 0 Å². The maximum atomic E-state index is 2.41. The van der Waals surface area contributed by atoms with E-state index in [2.05, 4.69) is 240 Å². The van der Waals surface area contributed by atoms with Crippen molar-refractivity contribution < 1.29 is 0 Å². The molecule has 0 saturated carbocycles. The molecule has 0 N–H and O–H groups in total. The molecule has 2 heteroatoms. The quantitative estimate of drug-likeness (QED) is 0.158. The predicted octanol–water partition coefficient (Wildman–Crippen LogP) is 15.6. The third-order valence-electron chi connectivity index (χ3n) is 11.6. The molecular formula is C56H38N2. The van der Waals surface area contributed by atoms with Gasteiger partial charge in [-0.05, 0) is 110 Å². The van der Waals surface area contributed by atoms with E-state index < -0.39 is 0 Å². The standard InChI is InChI=1S/C56H38N2/c1-2-15-43-37-44(28-27-39(43)13-1)40-29-33-46(34-30-40)57(48-18-11-17-45(38-48)50-23-12-16-41-14-3-4-19-49(41)50)47-35-31-42(32-36-47)51-20-5-8-24-54(51)58-55-25-9-6-21-52(55)53-22-7-10-26-56(53)58/h1-38H. The summed E-state index contributed by atoms with van der Waals surface area (Å²) in [6.45, 7) is 0. The Labute approximate surface area is 338 Å². The highest BCUT2D eigenvalue weighted by Gasteiger charge is 2.18. The SMILES string of the molecule is c1cc(-c2cccc3ccccc23)cc(N(c2ccc(-c3ccc4ccccc4c3)cc2)c2ccc(-c3ccccc3-n3c4ccccc4c4ccccc43)cc2)c1. The average molecular weight is 739 g/mol. The van der Waals surface area contributed by atoms with E-state index in [9.17, 15) is 0 Å². The smallest absolute Gasteiger partial charge is 0.0541 e. The van der Waals surface area contributed by atoms with Gasteiger partial charge in [0.1, 0.15) is 0 Å². The van der Waals surface area contributed by atoms with Gasteiger partial charge in [0.25, 0.3) is 0 Å². The van der Waals surface area contributed by atoms with Crippen LogP contribution in [0.2, 0.25) is 0 Å². The molecule has 2 nitrogen and oxygen atoms in total. The Bertz CT molecular complexity index is 3220. The second kappa shape index (κ2) is 14.1. The number of benzene rings is 10. The van der Waals surface area contributed by atoms with Crippen LogP contribution in [-0.4, -0.2) is 4.57 Å². The van der Waals surface area contributed by atoms with Crippen LogP contribution in [0, 0.1) is 0 Å². The molecule has 0 aliphatic heterocycles.